The standard InChI is InChI=1S/C14H27N5O2/c1-11(6-7-21-5)17-14(20)15-9-13(18(2)3)12-8-16-19(4)10-12/h8,10-11,13H,6-7,9H2,1-5H3,(H2,15,17,20)/t11-,13+/m0/s1. The fourth-order valence-corrected chi connectivity index (χ4v) is 2.04. The molecule has 7 nitrogen and oxygen atoms in total. The monoisotopic (exact) mass is 297 g/mol. The molecule has 2 amide bonds. The van der Waals surface area contributed by atoms with Crippen LogP contribution in [0.5, 0.6) is 0 Å². The quantitative estimate of drug-likeness (QED) is 0.743. The number of nitrogens with one attached hydrogen (secondary N) is 2. The summed E-state index contributed by atoms with van der Waals surface area (Å²) in [5.41, 5.74) is 1.08. The van der Waals surface area contributed by atoms with Crippen molar-refractivity contribution in [2.75, 3.05) is 34.4 Å². The van der Waals surface area contributed by atoms with E-state index in [4.69, 9.17) is 4.74 Å². The van der Waals surface area contributed by atoms with E-state index in [1.807, 2.05) is 40.5 Å². The normalized spacial score (nSPS) is 14.0. The Morgan fingerprint density at radius 2 is 2.24 bits per heavy atom. The van der Waals surface area contributed by atoms with Crippen LogP contribution in [0.1, 0.15) is 24.9 Å². The van der Waals surface area contributed by atoms with E-state index in [9.17, 15) is 4.79 Å². The summed E-state index contributed by atoms with van der Waals surface area (Å²) >= 11 is 0. The first-order valence-corrected chi connectivity index (χ1v) is 7.12. The Bertz CT molecular complexity index is 433. The molecule has 0 unspecified atom stereocenters. The zero-order chi connectivity index (χ0) is 15.8. The fourth-order valence-electron chi connectivity index (χ4n) is 2.04. The predicted octanol–water partition coefficient (Wildman–Crippen LogP) is 0.747. The van der Waals surface area contributed by atoms with Gasteiger partial charge in [-0.2, -0.15) is 5.10 Å². The van der Waals surface area contributed by atoms with Crippen LogP contribution >= 0.6 is 0 Å². The maximum absolute atomic E-state index is 11.9. The van der Waals surface area contributed by atoms with Crippen LogP contribution in [0.25, 0.3) is 0 Å². The molecule has 21 heavy (non-hydrogen) atoms. The van der Waals surface area contributed by atoms with Gasteiger partial charge in [0.05, 0.1) is 12.2 Å². The van der Waals surface area contributed by atoms with Crippen LogP contribution in [-0.4, -0.2) is 61.1 Å². The van der Waals surface area contributed by atoms with E-state index in [2.05, 4.69) is 20.6 Å². The second-order valence-electron chi connectivity index (χ2n) is 5.46. The first-order chi connectivity index (χ1) is 9.93. The number of hydrogen-bond donors (Lipinski definition) is 2. The molecular weight excluding hydrogens is 270 g/mol. The molecule has 0 aliphatic carbocycles. The third kappa shape index (κ3) is 6.14. The van der Waals surface area contributed by atoms with E-state index in [1.165, 1.54) is 0 Å². The van der Waals surface area contributed by atoms with E-state index >= 15 is 0 Å². The van der Waals surface area contributed by atoms with Gasteiger partial charge in [0.15, 0.2) is 0 Å². The van der Waals surface area contributed by atoms with Crippen LogP contribution in [0.4, 0.5) is 4.79 Å². The van der Waals surface area contributed by atoms with Gasteiger partial charge in [-0.25, -0.2) is 4.79 Å². The molecule has 0 radical (unpaired) electrons. The molecule has 120 valence electrons. The Hall–Kier alpha value is -1.60. The number of ether oxygens (including phenoxy) is 1. The SMILES string of the molecule is COCC[C@H](C)NC(=O)NC[C@H](c1cnn(C)c1)N(C)C. The highest BCUT2D eigenvalue weighted by molar-refractivity contribution is 5.74. The second kappa shape index (κ2) is 8.63. The Morgan fingerprint density at radius 3 is 2.76 bits per heavy atom. The van der Waals surface area contributed by atoms with Gasteiger partial charge in [-0.05, 0) is 27.4 Å². The Morgan fingerprint density at radius 1 is 1.52 bits per heavy atom. The number of carbonyl (C=O) groups is 1. The summed E-state index contributed by atoms with van der Waals surface area (Å²) in [6, 6.07) is 0.0224. The van der Waals surface area contributed by atoms with Gasteiger partial charge in [0.2, 0.25) is 0 Å². The molecule has 1 aromatic heterocycles. The Balaban J connectivity index is 2.45. The van der Waals surface area contributed by atoms with Crippen LogP contribution in [0.2, 0.25) is 0 Å². The summed E-state index contributed by atoms with van der Waals surface area (Å²) in [4.78, 5) is 13.9. The van der Waals surface area contributed by atoms with Gasteiger partial charge >= 0.3 is 6.03 Å². The van der Waals surface area contributed by atoms with Crippen LogP contribution in [0.15, 0.2) is 12.4 Å². The Kier molecular flexibility index (Phi) is 7.18. The van der Waals surface area contributed by atoms with Crippen molar-refractivity contribution >= 4 is 6.03 Å². The number of carbonyl (C=O) groups excluding carboxylic acids is 1. The van der Waals surface area contributed by atoms with Crippen molar-refractivity contribution in [3.8, 4) is 0 Å². The summed E-state index contributed by atoms with van der Waals surface area (Å²) in [5.74, 6) is 0. The molecule has 0 saturated carbocycles. The molecular formula is C14H27N5O2. The number of aromatic nitrogens is 2. The first kappa shape index (κ1) is 17.5. The number of rotatable bonds is 8. The minimum Gasteiger partial charge on any atom is -0.385 e. The number of amides is 2. The van der Waals surface area contributed by atoms with Gasteiger partial charge in [-0.3, -0.25) is 4.68 Å². The van der Waals surface area contributed by atoms with Crippen molar-refractivity contribution in [1.29, 1.82) is 0 Å². The molecule has 0 bridgehead atoms. The lowest BCUT2D eigenvalue weighted by molar-refractivity contribution is 0.183. The van der Waals surface area contributed by atoms with Gasteiger partial charge < -0.3 is 20.3 Å². The van der Waals surface area contributed by atoms with Crippen LogP contribution in [0, 0.1) is 0 Å². The molecule has 0 fully saturated rings. The molecule has 0 aliphatic heterocycles. The lowest BCUT2D eigenvalue weighted by Gasteiger charge is -2.24. The van der Waals surface area contributed by atoms with Crippen molar-refractivity contribution in [2.45, 2.75) is 25.4 Å². The van der Waals surface area contributed by atoms with E-state index in [0.717, 1.165) is 12.0 Å². The molecule has 2 atom stereocenters. The molecule has 1 rings (SSSR count). The van der Waals surface area contributed by atoms with Crippen LogP contribution in [-0.2, 0) is 11.8 Å². The lowest BCUT2D eigenvalue weighted by Crippen LogP contribution is -2.44. The van der Waals surface area contributed by atoms with Crippen molar-refractivity contribution in [3.63, 3.8) is 0 Å². The van der Waals surface area contributed by atoms with E-state index < -0.39 is 0 Å². The highest BCUT2D eigenvalue weighted by Gasteiger charge is 2.17. The Labute approximate surface area is 126 Å². The van der Waals surface area contributed by atoms with Crippen LogP contribution < -0.4 is 10.6 Å². The van der Waals surface area contributed by atoms with Gasteiger partial charge in [0, 0.05) is 45.1 Å². The van der Waals surface area contributed by atoms with Gasteiger partial charge in [0.25, 0.3) is 0 Å². The summed E-state index contributed by atoms with van der Waals surface area (Å²) in [7, 11) is 7.51. The molecule has 0 spiro atoms. The molecule has 0 saturated heterocycles. The highest BCUT2D eigenvalue weighted by atomic mass is 16.5. The topological polar surface area (TPSA) is 71.4 Å². The summed E-state index contributed by atoms with van der Waals surface area (Å²) in [6.07, 6.45) is 4.58. The minimum atomic E-state index is -0.158. The van der Waals surface area contributed by atoms with Crippen molar-refractivity contribution in [2.24, 2.45) is 7.05 Å². The average Bonchev–Trinajstić information content (AvgIpc) is 2.82. The van der Waals surface area contributed by atoms with Gasteiger partial charge in [0.1, 0.15) is 0 Å². The third-order valence-electron chi connectivity index (χ3n) is 3.32. The maximum Gasteiger partial charge on any atom is 0.315 e. The average molecular weight is 297 g/mol. The number of hydrogen-bond acceptors (Lipinski definition) is 4. The number of aryl methyl sites for hydroxylation is 1. The minimum absolute atomic E-state index is 0.0844. The molecule has 0 aromatic carbocycles. The molecule has 0 aliphatic rings. The predicted molar refractivity (Wildman–Crippen MR) is 82.1 cm³/mol. The van der Waals surface area contributed by atoms with E-state index in [0.29, 0.717) is 13.2 Å². The zero-order valence-electron chi connectivity index (χ0n) is 13.6. The maximum atomic E-state index is 11.9. The number of nitrogens with zero attached hydrogens (tertiary/aromatic N) is 3. The van der Waals surface area contributed by atoms with E-state index in [-0.39, 0.29) is 18.1 Å². The molecule has 2 N–H and O–H groups in total. The molecule has 7 heteroatoms. The highest BCUT2D eigenvalue weighted by Crippen LogP contribution is 2.15. The first-order valence-electron chi connectivity index (χ1n) is 7.12. The smallest absolute Gasteiger partial charge is 0.315 e. The lowest BCUT2D eigenvalue weighted by atomic mass is 10.1. The largest absolute Gasteiger partial charge is 0.385 e. The summed E-state index contributed by atoms with van der Waals surface area (Å²) < 4.78 is 6.76. The summed E-state index contributed by atoms with van der Waals surface area (Å²) in [6.45, 7) is 3.13. The number of methoxy groups -OCH3 is 1. The number of likely N-dealkylation sites (N-methyl/N-ethyl adjacent to an activating group) is 1. The molecule has 1 aromatic rings. The van der Waals surface area contributed by atoms with E-state index in [1.54, 1.807) is 11.8 Å². The van der Waals surface area contributed by atoms with Gasteiger partial charge in [-0.15, -0.1) is 0 Å². The molecule has 1 heterocycles. The fraction of sp³-hybridized carbons (Fsp3) is 0.714. The zero-order valence-corrected chi connectivity index (χ0v) is 13.6. The second-order valence-corrected chi connectivity index (χ2v) is 5.46. The summed E-state index contributed by atoms with van der Waals surface area (Å²) in [5, 5.41) is 9.98. The van der Waals surface area contributed by atoms with Crippen molar-refractivity contribution in [3.05, 3.63) is 18.0 Å². The van der Waals surface area contributed by atoms with Crippen LogP contribution in [0.3, 0.4) is 0 Å². The van der Waals surface area contributed by atoms with Crippen molar-refractivity contribution in [1.82, 2.24) is 25.3 Å². The third-order valence-corrected chi connectivity index (χ3v) is 3.32. The van der Waals surface area contributed by atoms with Gasteiger partial charge in [-0.1, -0.05) is 0 Å². The van der Waals surface area contributed by atoms with Crippen molar-refractivity contribution < 1.29 is 9.53 Å². The number of urea groups is 1.